The Labute approximate surface area is 176 Å². The summed E-state index contributed by atoms with van der Waals surface area (Å²) in [6.45, 7) is 0.0232. The van der Waals surface area contributed by atoms with E-state index >= 15 is 0 Å². The number of carbonyl (C=O) groups excluding carboxylic acids is 1. The Morgan fingerprint density at radius 2 is 1.89 bits per heavy atom. The Morgan fingerprint density at radius 3 is 2.50 bits per heavy atom. The second-order valence-corrected chi connectivity index (χ2v) is 6.38. The Balaban J connectivity index is 0.00000364. The van der Waals surface area contributed by atoms with Crippen LogP contribution in [0.4, 0.5) is 5.69 Å². The minimum Gasteiger partial charge on any atom is -0.480 e. The summed E-state index contributed by atoms with van der Waals surface area (Å²) in [4.78, 5) is 36.9. The van der Waals surface area contributed by atoms with Crippen LogP contribution >= 0.6 is 24.8 Å². The lowest BCUT2D eigenvalue weighted by Gasteiger charge is -2.26. The zero-order chi connectivity index (χ0) is 19.1. The number of nitrogens with two attached hydrogens (primary N) is 1. The normalized spacial score (nSPS) is 16.8. The molecule has 1 heterocycles. The number of fused-ring (bicyclic) bond motifs is 1. The van der Waals surface area contributed by atoms with Gasteiger partial charge in [0.25, 0.3) is 0 Å². The predicted octanol–water partition coefficient (Wildman–Crippen LogP) is 1.43. The van der Waals surface area contributed by atoms with Gasteiger partial charge in [-0.05, 0) is 43.9 Å². The van der Waals surface area contributed by atoms with Crippen LogP contribution in [0.2, 0.25) is 0 Å². The molecule has 1 amide bonds. The first kappa shape index (κ1) is 26.1. The van der Waals surface area contributed by atoms with E-state index in [1.807, 2.05) is 12.1 Å². The van der Waals surface area contributed by atoms with E-state index in [1.54, 1.807) is 12.1 Å². The molecule has 2 rings (SSSR count). The van der Waals surface area contributed by atoms with Gasteiger partial charge in [0.15, 0.2) is 0 Å². The van der Waals surface area contributed by atoms with Crippen molar-refractivity contribution in [2.75, 3.05) is 18.0 Å². The second-order valence-electron chi connectivity index (χ2n) is 6.38. The summed E-state index contributed by atoms with van der Waals surface area (Å²) >= 11 is 0. The number of nitrogens with one attached hydrogen (secondary N) is 1. The highest BCUT2D eigenvalue weighted by Crippen LogP contribution is 2.27. The Morgan fingerprint density at radius 1 is 1.21 bits per heavy atom. The minimum atomic E-state index is -1.12. The first-order chi connectivity index (χ1) is 12.4. The smallest absolute Gasteiger partial charge is 0.323 e. The average Bonchev–Trinajstić information content (AvgIpc) is 2.72. The molecule has 2 atom stereocenters. The number of benzene rings is 1. The van der Waals surface area contributed by atoms with Gasteiger partial charge in [-0.3, -0.25) is 24.6 Å². The highest BCUT2D eigenvalue weighted by atomic mass is 35.5. The molecule has 0 fully saturated rings. The quantitative estimate of drug-likeness (QED) is 0.431. The topological polar surface area (TPSA) is 133 Å². The largest absolute Gasteiger partial charge is 0.480 e. The van der Waals surface area contributed by atoms with E-state index in [0.717, 1.165) is 5.56 Å². The van der Waals surface area contributed by atoms with Crippen molar-refractivity contribution >= 4 is 48.3 Å². The summed E-state index contributed by atoms with van der Waals surface area (Å²) in [7, 11) is 0. The fraction of sp³-hybridized carbons (Fsp3) is 0.500. The Hall–Kier alpha value is -1.87. The van der Waals surface area contributed by atoms with Crippen molar-refractivity contribution in [1.29, 1.82) is 0 Å². The standard InChI is InChI=1S/C18H25N3O5.2ClH/c19-10-4-3-6-14(18(25)26)20-13-9-8-12-5-1-2-7-15(12)21(17(13)24)11-16(22)23;;/h1-2,5,7,13-14,20H,3-4,6,8-11,19H2,(H,22,23)(H,25,26);2*1H/t13-,14-;;/m0../s1. The van der Waals surface area contributed by atoms with Crippen LogP contribution < -0.4 is 16.0 Å². The van der Waals surface area contributed by atoms with Gasteiger partial charge in [-0.2, -0.15) is 0 Å². The van der Waals surface area contributed by atoms with Gasteiger partial charge >= 0.3 is 11.9 Å². The first-order valence-corrected chi connectivity index (χ1v) is 8.74. The van der Waals surface area contributed by atoms with Crippen molar-refractivity contribution in [3.63, 3.8) is 0 Å². The van der Waals surface area contributed by atoms with Crippen LogP contribution in [0.1, 0.15) is 31.2 Å². The van der Waals surface area contributed by atoms with Gasteiger partial charge in [-0.1, -0.05) is 24.6 Å². The number of aliphatic carboxylic acids is 2. The summed E-state index contributed by atoms with van der Waals surface area (Å²) in [6.07, 6.45) is 2.68. The van der Waals surface area contributed by atoms with Crippen molar-refractivity contribution in [2.45, 2.75) is 44.2 Å². The molecular formula is C18H27Cl2N3O5. The third-order valence-electron chi connectivity index (χ3n) is 4.49. The van der Waals surface area contributed by atoms with E-state index in [2.05, 4.69) is 5.32 Å². The monoisotopic (exact) mass is 435 g/mol. The molecule has 0 spiro atoms. The van der Waals surface area contributed by atoms with Crippen LogP contribution in [0.3, 0.4) is 0 Å². The molecule has 28 heavy (non-hydrogen) atoms. The fourth-order valence-electron chi connectivity index (χ4n) is 3.18. The second kappa shape index (κ2) is 12.6. The van der Waals surface area contributed by atoms with Crippen molar-refractivity contribution in [2.24, 2.45) is 5.73 Å². The Bertz CT molecular complexity index is 674. The van der Waals surface area contributed by atoms with E-state index in [9.17, 15) is 24.6 Å². The number of nitrogens with zero attached hydrogens (tertiary/aromatic N) is 1. The highest BCUT2D eigenvalue weighted by Gasteiger charge is 2.33. The molecule has 0 bridgehead atoms. The van der Waals surface area contributed by atoms with Crippen molar-refractivity contribution in [3.8, 4) is 0 Å². The predicted molar refractivity (Wildman–Crippen MR) is 111 cm³/mol. The number of hydrogen-bond donors (Lipinski definition) is 4. The number of unbranched alkanes of at least 4 members (excludes halogenated alkanes) is 1. The number of anilines is 1. The summed E-state index contributed by atoms with van der Waals surface area (Å²) in [5.41, 5.74) is 6.89. The molecule has 10 heteroatoms. The number of carboxylic acids is 2. The number of para-hydroxylation sites is 1. The van der Waals surface area contributed by atoms with E-state index in [1.165, 1.54) is 4.90 Å². The number of carboxylic acid groups (broad SMARTS) is 2. The maximum atomic E-state index is 12.9. The van der Waals surface area contributed by atoms with E-state index < -0.39 is 36.5 Å². The molecule has 1 aromatic rings. The number of rotatable bonds is 9. The van der Waals surface area contributed by atoms with Crippen LogP contribution in [0.25, 0.3) is 0 Å². The molecule has 1 aliphatic heterocycles. The maximum Gasteiger partial charge on any atom is 0.323 e. The number of halogens is 2. The van der Waals surface area contributed by atoms with Crippen LogP contribution in [0.5, 0.6) is 0 Å². The van der Waals surface area contributed by atoms with Gasteiger partial charge in [0.2, 0.25) is 5.91 Å². The molecule has 0 saturated heterocycles. The molecule has 0 aromatic heterocycles. The third kappa shape index (κ3) is 6.94. The molecule has 1 aliphatic rings. The van der Waals surface area contributed by atoms with E-state index in [4.69, 9.17) is 5.73 Å². The number of hydrogen-bond acceptors (Lipinski definition) is 5. The fourth-order valence-corrected chi connectivity index (χ4v) is 3.18. The molecule has 0 aliphatic carbocycles. The van der Waals surface area contributed by atoms with Crippen LogP contribution in [0.15, 0.2) is 24.3 Å². The average molecular weight is 436 g/mol. The number of carbonyl (C=O) groups is 3. The van der Waals surface area contributed by atoms with Gasteiger partial charge in [-0.25, -0.2) is 0 Å². The van der Waals surface area contributed by atoms with Gasteiger partial charge in [0, 0.05) is 5.69 Å². The van der Waals surface area contributed by atoms with Crippen LogP contribution in [0, 0.1) is 0 Å². The number of aryl methyl sites for hydroxylation is 1. The summed E-state index contributed by atoms with van der Waals surface area (Å²) in [5.74, 6) is -2.56. The Kier molecular flexibility index (Phi) is 11.7. The summed E-state index contributed by atoms with van der Waals surface area (Å²) in [5, 5.41) is 21.5. The summed E-state index contributed by atoms with van der Waals surface area (Å²) < 4.78 is 0. The van der Waals surface area contributed by atoms with E-state index in [-0.39, 0.29) is 24.8 Å². The minimum absolute atomic E-state index is 0. The van der Waals surface area contributed by atoms with Crippen LogP contribution in [-0.2, 0) is 20.8 Å². The van der Waals surface area contributed by atoms with Crippen molar-refractivity contribution < 1.29 is 24.6 Å². The highest BCUT2D eigenvalue weighted by molar-refractivity contribution is 6.02. The molecule has 1 aromatic carbocycles. The third-order valence-corrected chi connectivity index (χ3v) is 4.49. The zero-order valence-corrected chi connectivity index (χ0v) is 17.0. The van der Waals surface area contributed by atoms with E-state index in [0.29, 0.717) is 44.3 Å². The maximum absolute atomic E-state index is 12.9. The van der Waals surface area contributed by atoms with Crippen LogP contribution in [-0.4, -0.2) is 53.2 Å². The molecule has 8 nitrogen and oxygen atoms in total. The lowest BCUT2D eigenvalue weighted by molar-refractivity contribution is -0.140. The van der Waals surface area contributed by atoms with Gasteiger partial charge in [-0.15, -0.1) is 24.8 Å². The molecule has 158 valence electrons. The SMILES string of the molecule is Cl.Cl.NCCCC[C@H](N[C@H]1CCc2ccccc2N(CC(=O)O)C1=O)C(=O)O. The molecule has 0 unspecified atom stereocenters. The van der Waals surface area contributed by atoms with Gasteiger partial charge in [0.1, 0.15) is 12.6 Å². The lowest BCUT2D eigenvalue weighted by Crippen LogP contribution is -2.52. The zero-order valence-electron chi connectivity index (χ0n) is 15.4. The first-order valence-electron chi connectivity index (χ1n) is 8.74. The molecule has 0 saturated carbocycles. The number of amides is 1. The molecular weight excluding hydrogens is 409 g/mol. The molecule has 0 radical (unpaired) electrons. The molecule has 5 N–H and O–H groups in total. The van der Waals surface area contributed by atoms with Crippen molar-refractivity contribution in [3.05, 3.63) is 29.8 Å². The van der Waals surface area contributed by atoms with Crippen molar-refractivity contribution in [1.82, 2.24) is 5.32 Å². The van der Waals surface area contributed by atoms with Gasteiger partial charge < -0.3 is 15.9 Å². The summed E-state index contributed by atoms with van der Waals surface area (Å²) in [6, 6.07) is 5.54. The lowest BCUT2D eigenvalue weighted by atomic mass is 10.0. The van der Waals surface area contributed by atoms with Gasteiger partial charge in [0.05, 0.1) is 6.04 Å².